The number of methoxy groups -OCH3 is 1. The summed E-state index contributed by atoms with van der Waals surface area (Å²) in [7, 11) is 1.74. The maximum absolute atomic E-state index is 9.48. The molecule has 0 amide bonds. The van der Waals surface area contributed by atoms with Gasteiger partial charge in [-0.2, -0.15) is 5.26 Å². The molecule has 114 valence electrons. The summed E-state index contributed by atoms with van der Waals surface area (Å²) in [5.41, 5.74) is 1.42. The SMILES string of the molecule is CCN(CCOC)C1CC(c2ccccc2)CCC1C#N. The lowest BCUT2D eigenvalue weighted by molar-refractivity contribution is 0.0846. The van der Waals surface area contributed by atoms with Crippen LogP contribution in [0, 0.1) is 17.2 Å². The number of nitriles is 1. The van der Waals surface area contributed by atoms with Crippen molar-refractivity contribution in [2.75, 3.05) is 26.8 Å². The second-order valence-electron chi connectivity index (χ2n) is 5.84. The van der Waals surface area contributed by atoms with Crippen LogP contribution < -0.4 is 0 Å². The van der Waals surface area contributed by atoms with Gasteiger partial charge in [0.25, 0.3) is 0 Å². The summed E-state index contributed by atoms with van der Waals surface area (Å²) in [4.78, 5) is 2.42. The molecule has 1 fully saturated rings. The van der Waals surface area contributed by atoms with Crippen molar-refractivity contribution < 1.29 is 4.74 Å². The highest BCUT2D eigenvalue weighted by molar-refractivity contribution is 5.21. The highest BCUT2D eigenvalue weighted by atomic mass is 16.5. The third-order valence-corrected chi connectivity index (χ3v) is 4.71. The van der Waals surface area contributed by atoms with Crippen molar-refractivity contribution in [3.05, 3.63) is 35.9 Å². The smallest absolute Gasteiger partial charge is 0.0672 e. The zero-order chi connectivity index (χ0) is 15.1. The average molecular weight is 286 g/mol. The van der Waals surface area contributed by atoms with Gasteiger partial charge >= 0.3 is 0 Å². The first-order chi connectivity index (χ1) is 10.3. The van der Waals surface area contributed by atoms with Gasteiger partial charge in [-0.25, -0.2) is 0 Å². The van der Waals surface area contributed by atoms with Gasteiger partial charge in [0.1, 0.15) is 0 Å². The van der Waals surface area contributed by atoms with Crippen molar-refractivity contribution in [3.63, 3.8) is 0 Å². The molecule has 1 aliphatic carbocycles. The van der Waals surface area contributed by atoms with E-state index in [9.17, 15) is 5.26 Å². The van der Waals surface area contributed by atoms with Crippen molar-refractivity contribution in [3.8, 4) is 6.07 Å². The van der Waals surface area contributed by atoms with Crippen molar-refractivity contribution in [2.24, 2.45) is 5.92 Å². The van der Waals surface area contributed by atoms with Gasteiger partial charge in [0.2, 0.25) is 0 Å². The van der Waals surface area contributed by atoms with Gasteiger partial charge in [0.05, 0.1) is 18.6 Å². The molecule has 3 unspecified atom stereocenters. The van der Waals surface area contributed by atoms with Crippen LogP contribution in [0.3, 0.4) is 0 Å². The van der Waals surface area contributed by atoms with Crippen LogP contribution in [0.5, 0.6) is 0 Å². The van der Waals surface area contributed by atoms with E-state index in [1.165, 1.54) is 5.56 Å². The quantitative estimate of drug-likeness (QED) is 0.804. The van der Waals surface area contributed by atoms with Crippen molar-refractivity contribution >= 4 is 0 Å². The minimum Gasteiger partial charge on any atom is -0.383 e. The lowest BCUT2D eigenvalue weighted by Gasteiger charge is -2.40. The van der Waals surface area contributed by atoms with Crippen LogP contribution in [0.15, 0.2) is 30.3 Å². The van der Waals surface area contributed by atoms with Crippen molar-refractivity contribution in [1.82, 2.24) is 4.90 Å². The number of hydrogen-bond acceptors (Lipinski definition) is 3. The number of benzene rings is 1. The van der Waals surface area contributed by atoms with Crippen LogP contribution in [-0.2, 0) is 4.74 Å². The van der Waals surface area contributed by atoms with Crippen LogP contribution in [-0.4, -0.2) is 37.7 Å². The Morgan fingerprint density at radius 3 is 2.67 bits per heavy atom. The Labute approximate surface area is 128 Å². The molecule has 0 heterocycles. The van der Waals surface area contributed by atoms with Crippen LogP contribution in [0.1, 0.15) is 37.7 Å². The maximum Gasteiger partial charge on any atom is 0.0672 e. The molecule has 0 aromatic heterocycles. The molecule has 0 spiro atoms. The van der Waals surface area contributed by atoms with E-state index >= 15 is 0 Å². The van der Waals surface area contributed by atoms with E-state index in [-0.39, 0.29) is 5.92 Å². The third kappa shape index (κ3) is 4.06. The molecular weight excluding hydrogens is 260 g/mol. The summed E-state index contributed by atoms with van der Waals surface area (Å²) < 4.78 is 5.22. The van der Waals surface area contributed by atoms with Gasteiger partial charge in [-0.15, -0.1) is 0 Å². The lowest BCUT2D eigenvalue weighted by Crippen LogP contribution is -2.45. The Morgan fingerprint density at radius 1 is 1.29 bits per heavy atom. The summed E-state index contributed by atoms with van der Waals surface area (Å²) in [6, 6.07) is 13.6. The summed E-state index contributed by atoms with van der Waals surface area (Å²) in [5.74, 6) is 0.735. The lowest BCUT2D eigenvalue weighted by atomic mass is 9.75. The number of hydrogen-bond donors (Lipinski definition) is 0. The molecule has 3 nitrogen and oxygen atoms in total. The Hall–Kier alpha value is -1.37. The molecule has 1 aromatic carbocycles. The molecule has 1 aliphatic rings. The van der Waals surface area contributed by atoms with Crippen molar-refractivity contribution in [1.29, 1.82) is 5.26 Å². The second-order valence-corrected chi connectivity index (χ2v) is 5.84. The van der Waals surface area contributed by atoms with Gasteiger partial charge < -0.3 is 4.74 Å². The largest absolute Gasteiger partial charge is 0.383 e. The summed E-state index contributed by atoms with van der Waals surface area (Å²) >= 11 is 0. The van der Waals surface area contributed by atoms with Crippen LogP contribution in [0.2, 0.25) is 0 Å². The van der Waals surface area contributed by atoms with E-state index < -0.39 is 0 Å². The second kappa shape index (κ2) is 8.17. The first kappa shape index (κ1) is 16.0. The van der Waals surface area contributed by atoms with Crippen molar-refractivity contribution in [2.45, 2.75) is 38.1 Å². The van der Waals surface area contributed by atoms with E-state index in [0.717, 1.165) is 39.0 Å². The molecule has 1 aromatic rings. The fraction of sp³-hybridized carbons (Fsp3) is 0.611. The molecule has 0 N–H and O–H groups in total. The average Bonchev–Trinajstić information content (AvgIpc) is 2.56. The van der Waals surface area contributed by atoms with Crippen LogP contribution >= 0.6 is 0 Å². The van der Waals surface area contributed by atoms with E-state index in [1.807, 2.05) is 0 Å². The van der Waals surface area contributed by atoms with E-state index in [2.05, 4.69) is 48.2 Å². The molecule has 0 saturated heterocycles. The number of likely N-dealkylation sites (N-methyl/N-ethyl adjacent to an activating group) is 1. The molecule has 0 radical (unpaired) electrons. The standard InChI is InChI=1S/C18H26N2O/c1-3-20(11-12-21-2)18-13-16(9-10-17(18)14-19)15-7-5-4-6-8-15/h4-8,16-18H,3,9-13H2,1-2H3. The molecule has 0 bridgehead atoms. The minimum atomic E-state index is 0.154. The third-order valence-electron chi connectivity index (χ3n) is 4.71. The Kier molecular flexibility index (Phi) is 6.22. The molecule has 1 saturated carbocycles. The normalized spacial score (nSPS) is 25.7. The zero-order valence-corrected chi connectivity index (χ0v) is 13.2. The van der Waals surface area contributed by atoms with Crippen LogP contribution in [0.4, 0.5) is 0 Å². The Morgan fingerprint density at radius 2 is 2.05 bits per heavy atom. The number of rotatable bonds is 6. The Bertz CT molecular complexity index is 454. The van der Waals surface area contributed by atoms with Crippen LogP contribution in [0.25, 0.3) is 0 Å². The maximum atomic E-state index is 9.48. The van der Waals surface area contributed by atoms with Gasteiger partial charge in [-0.1, -0.05) is 37.3 Å². The molecule has 3 heteroatoms. The zero-order valence-electron chi connectivity index (χ0n) is 13.2. The predicted molar refractivity (Wildman–Crippen MR) is 85.0 cm³/mol. The summed E-state index contributed by atoms with van der Waals surface area (Å²) in [5, 5.41) is 9.48. The first-order valence-corrected chi connectivity index (χ1v) is 7.97. The fourth-order valence-electron chi connectivity index (χ4n) is 3.50. The molecule has 0 aliphatic heterocycles. The fourth-order valence-corrected chi connectivity index (χ4v) is 3.50. The highest BCUT2D eigenvalue weighted by Gasteiger charge is 2.34. The van der Waals surface area contributed by atoms with Gasteiger partial charge in [0, 0.05) is 19.7 Å². The minimum absolute atomic E-state index is 0.154. The Balaban J connectivity index is 2.10. The molecule has 2 rings (SSSR count). The highest BCUT2D eigenvalue weighted by Crippen LogP contribution is 2.37. The topological polar surface area (TPSA) is 36.3 Å². The number of ether oxygens (including phenoxy) is 1. The van der Waals surface area contributed by atoms with E-state index in [4.69, 9.17) is 4.74 Å². The molecular formula is C18H26N2O. The van der Waals surface area contributed by atoms with Gasteiger partial charge in [-0.3, -0.25) is 4.90 Å². The van der Waals surface area contributed by atoms with Gasteiger partial charge in [-0.05, 0) is 37.3 Å². The van der Waals surface area contributed by atoms with E-state index in [1.54, 1.807) is 7.11 Å². The predicted octanol–water partition coefficient (Wildman–Crippen LogP) is 3.43. The first-order valence-electron chi connectivity index (χ1n) is 7.97. The monoisotopic (exact) mass is 286 g/mol. The van der Waals surface area contributed by atoms with Gasteiger partial charge in [0.15, 0.2) is 0 Å². The molecule has 3 atom stereocenters. The molecule has 21 heavy (non-hydrogen) atoms. The summed E-state index contributed by atoms with van der Waals surface area (Å²) in [6.07, 6.45) is 3.21. The summed E-state index contributed by atoms with van der Waals surface area (Å²) in [6.45, 7) is 4.81. The van der Waals surface area contributed by atoms with E-state index in [0.29, 0.717) is 12.0 Å². The number of nitrogens with zero attached hydrogens (tertiary/aromatic N) is 2.